The van der Waals surface area contributed by atoms with E-state index < -0.39 is 11.6 Å². The number of hydrogen-bond acceptors (Lipinski definition) is 1. The van der Waals surface area contributed by atoms with Gasteiger partial charge in [-0.3, -0.25) is 4.79 Å². The average molecular weight is 156 g/mol. The molecule has 0 bridgehead atoms. The van der Waals surface area contributed by atoms with Crippen LogP contribution in [-0.2, 0) is 0 Å². The molecule has 3 heteroatoms. The van der Waals surface area contributed by atoms with Crippen molar-refractivity contribution < 1.29 is 13.6 Å². The van der Waals surface area contributed by atoms with Crippen LogP contribution in [0.5, 0.6) is 0 Å². The summed E-state index contributed by atoms with van der Waals surface area (Å²) in [7, 11) is 0. The summed E-state index contributed by atoms with van der Waals surface area (Å²) in [6, 6.07) is 1.76. The summed E-state index contributed by atoms with van der Waals surface area (Å²) in [5.41, 5.74) is 0.240. The molecule has 58 valence electrons. The first kappa shape index (κ1) is 7.85. The Bertz CT molecular complexity index is 294. The van der Waals surface area contributed by atoms with Gasteiger partial charge in [-0.1, -0.05) is 0 Å². The second kappa shape index (κ2) is 2.78. The Morgan fingerprint density at radius 2 is 2.00 bits per heavy atom. The molecule has 1 nitrogen and oxygen atoms in total. The van der Waals surface area contributed by atoms with Crippen LogP contribution in [0.3, 0.4) is 0 Å². The molecule has 0 saturated carbocycles. The topological polar surface area (TPSA) is 17.1 Å². The Morgan fingerprint density at radius 3 is 2.55 bits per heavy atom. The quantitative estimate of drug-likeness (QED) is 0.569. The van der Waals surface area contributed by atoms with Crippen LogP contribution < -0.4 is 0 Å². The maximum absolute atomic E-state index is 12.6. The lowest BCUT2D eigenvalue weighted by atomic mass is 10.1. The number of rotatable bonds is 1. The Labute approximate surface area is 62.7 Å². The van der Waals surface area contributed by atoms with Crippen molar-refractivity contribution in [2.24, 2.45) is 0 Å². The predicted molar refractivity (Wildman–Crippen MR) is 36.5 cm³/mol. The van der Waals surface area contributed by atoms with E-state index in [1.165, 1.54) is 6.92 Å². The normalized spacial score (nSPS) is 9.73. The van der Waals surface area contributed by atoms with Crippen molar-refractivity contribution in [2.45, 2.75) is 6.92 Å². The van der Waals surface area contributed by atoms with Gasteiger partial charge in [0.1, 0.15) is 11.6 Å². The lowest BCUT2D eigenvalue weighted by Gasteiger charge is -1.98. The SMILES string of the molecule is Cc1c(F)cc(F)cc1C=O. The van der Waals surface area contributed by atoms with Crippen molar-refractivity contribution >= 4 is 6.29 Å². The molecule has 0 aliphatic carbocycles. The molecule has 0 aliphatic rings. The largest absolute Gasteiger partial charge is 0.298 e. The van der Waals surface area contributed by atoms with Gasteiger partial charge in [-0.05, 0) is 18.6 Å². The van der Waals surface area contributed by atoms with Gasteiger partial charge < -0.3 is 0 Å². The zero-order chi connectivity index (χ0) is 8.43. The third-order valence-corrected chi connectivity index (χ3v) is 1.48. The first-order valence-corrected chi connectivity index (χ1v) is 3.06. The molecular formula is C8H6F2O. The minimum atomic E-state index is -0.727. The highest BCUT2D eigenvalue weighted by molar-refractivity contribution is 5.77. The molecule has 0 fully saturated rings. The van der Waals surface area contributed by atoms with Gasteiger partial charge in [0, 0.05) is 11.6 Å². The van der Waals surface area contributed by atoms with Gasteiger partial charge in [-0.2, -0.15) is 0 Å². The minimum Gasteiger partial charge on any atom is -0.298 e. The number of hydrogen-bond donors (Lipinski definition) is 0. The highest BCUT2D eigenvalue weighted by atomic mass is 19.1. The Hall–Kier alpha value is -1.25. The van der Waals surface area contributed by atoms with Crippen molar-refractivity contribution in [2.75, 3.05) is 0 Å². The first-order valence-electron chi connectivity index (χ1n) is 3.06. The van der Waals surface area contributed by atoms with Crippen LogP contribution >= 0.6 is 0 Å². The van der Waals surface area contributed by atoms with Crippen molar-refractivity contribution in [3.63, 3.8) is 0 Å². The zero-order valence-electron chi connectivity index (χ0n) is 5.90. The highest BCUT2D eigenvalue weighted by Gasteiger charge is 2.05. The molecule has 11 heavy (non-hydrogen) atoms. The third kappa shape index (κ3) is 1.42. The summed E-state index contributed by atoms with van der Waals surface area (Å²) in [6.07, 6.45) is 0.432. The molecule has 1 aromatic rings. The molecule has 1 rings (SSSR count). The third-order valence-electron chi connectivity index (χ3n) is 1.48. The Morgan fingerprint density at radius 1 is 1.36 bits per heavy atom. The highest BCUT2D eigenvalue weighted by Crippen LogP contribution is 2.12. The summed E-state index contributed by atoms with van der Waals surface area (Å²) >= 11 is 0. The second-order valence-electron chi connectivity index (χ2n) is 2.22. The van der Waals surface area contributed by atoms with Crippen molar-refractivity contribution in [3.8, 4) is 0 Å². The first-order chi connectivity index (χ1) is 5.15. The molecule has 1 aromatic carbocycles. The summed E-state index contributed by atoms with van der Waals surface area (Å²) in [5, 5.41) is 0. The van der Waals surface area contributed by atoms with E-state index in [2.05, 4.69) is 0 Å². The van der Waals surface area contributed by atoms with Gasteiger partial charge in [-0.25, -0.2) is 8.78 Å². The van der Waals surface area contributed by atoms with Crippen LogP contribution in [0.15, 0.2) is 12.1 Å². The zero-order valence-corrected chi connectivity index (χ0v) is 5.90. The maximum Gasteiger partial charge on any atom is 0.150 e. The molecule has 0 aromatic heterocycles. The number of benzene rings is 1. The van der Waals surface area contributed by atoms with Crippen LogP contribution in [0.4, 0.5) is 8.78 Å². The Kier molecular flexibility index (Phi) is 1.98. The van der Waals surface area contributed by atoms with Gasteiger partial charge in [0.25, 0.3) is 0 Å². The second-order valence-corrected chi connectivity index (χ2v) is 2.22. The monoisotopic (exact) mass is 156 g/mol. The van der Waals surface area contributed by atoms with Gasteiger partial charge in [0.15, 0.2) is 6.29 Å². The van der Waals surface area contributed by atoms with Crippen molar-refractivity contribution in [1.29, 1.82) is 0 Å². The van der Waals surface area contributed by atoms with E-state index in [4.69, 9.17) is 0 Å². The molecule has 0 spiro atoms. The molecule has 0 radical (unpaired) electrons. The number of halogens is 2. The van der Waals surface area contributed by atoms with E-state index in [0.717, 1.165) is 12.1 Å². The molecule has 0 aliphatic heterocycles. The lowest BCUT2D eigenvalue weighted by Crippen LogP contribution is -1.92. The molecule has 0 amide bonds. The van der Waals surface area contributed by atoms with Crippen LogP contribution in [0.1, 0.15) is 15.9 Å². The van der Waals surface area contributed by atoms with Crippen molar-refractivity contribution in [3.05, 3.63) is 34.9 Å². The van der Waals surface area contributed by atoms with Gasteiger partial charge in [-0.15, -0.1) is 0 Å². The van der Waals surface area contributed by atoms with Crippen LogP contribution in [0.25, 0.3) is 0 Å². The molecule has 0 N–H and O–H groups in total. The predicted octanol–water partition coefficient (Wildman–Crippen LogP) is 2.09. The van der Waals surface area contributed by atoms with Gasteiger partial charge in [0.05, 0.1) is 0 Å². The summed E-state index contributed by atoms with van der Waals surface area (Å²) in [4.78, 5) is 10.2. The fourth-order valence-electron chi connectivity index (χ4n) is 0.788. The molecule has 0 atom stereocenters. The molecule has 0 heterocycles. The molecule has 0 unspecified atom stereocenters. The van der Waals surface area contributed by atoms with E-state index in [-0.39, 0.29) is 11.1 Å². The van der Waals surface area contributed by atoms with E-state index in [0.29, 0.717) is 6.29 Å². The number of carbonyl (C=O) groups excluding carboxylic acids is 1. The number of carbonyl (C=O) groups is 1. The van der Waals surface area contributed by atoms with Gasteiger partial charge >= 0.3 is 0 Å². The maximum atomic E-state index is 12.6. The molecular weight excluding hydrogens is 150 g/mol. The summed E-state index contributed by atoms with van der Waals surface area (Å²) < 4.78 is 25.0. The lowest BCUT2D eigenvalue weighted by molar-refractivity contribution is 0.112. The average Bonchev–Trinajstić information content (AvgIpc) is 1.96. The van der Waals surface area contributed by atoms with E-state index in [9.17, 15) is 13.6 Å². The van der Waals surface area contributed by atoms with Crippen LogP contribution in [0.2, 0.25) is 0 Å². The number of aldehydes is 1. The standard InChI is InChI=1S/C8H6F2O/c1-5-6(4-11)2-7(9)3-8(5)10/h2-4H,1H3. The van der Waals surface area contributed by atoms with E-state index in [1.54, 1.807) is 0 Å². The smallest absolute Gasteiger partial charge is 0.150 e. The van der Waals surface area contributed by atoms with Crippen LogP contribution in [-0.4, -0.2) is 6.29 Å². The van der Waals surface area contributed by atoms with Crippen LogP contribution in [0, 0.1) is 18.6 Å². The Balaban J connectivity index is 3.35. The summed E-state index contributed by atoms with van der Waals surface area (Å²) in [6.45, 7) is 1.43. The summed E-state index contributed by atoms with van der Waals surface area (Å²) in [5.74, 6) is -1.41. The molecule has 0 saturated heterocycles. The van der Waals surface area contributed by atoms with E-state index >= 15 is 0 Å². The fourth-order valence-corrected chi connectivity index (χ4v) is 0.788. The van der Waals surface area contributed by atoms with Gasteiger partial charge in [0.2, 0.25) is 0 Å². The van der Waals surface area contributed by atoms with Crippen molar-refractivity contribution in [1.82, 2.24) is 0 Å². The minimum absolute atomic E-state index is 0.0579. The fraction of sp³-hybridized carbons (Fsp3) is 0.125. The van der Waals surface area contributed by atoms with E-state index in [1.807, 2.05) is 0 Å².